The van der Waals surface area contributed by atoms with Crippen LogP contribution in [0.5, 0.6) is 6.01 Å². The molecule has 31 heavy (non-hydrogen) atoms. The summed E-state index contributed by atoms with van der Waals surface area (Å²) in [5.74, 6) is 0.529. The van der Waals surface area contributed by atoms with Gasteiger partial charge in [0.05, 0.1) is 27.2 Å². The number of hydrogen-bond acceptors (Lipinski definition) is 10. The third-order valence-corrected chi connectivity index (χ3v) is 4.93. The highest BCUT2D eigenvalue weighted by Crippen LogP contribution is 2.23. The van der Waals surface area contributed by atoms with Crippen molar-refractivity contribution in [2.45, 2.75) is 13.3 Å². The Bertz CT molecular complexity index is 877. The van der Waals surface area contributed by atoms with Gasteiger partial charge < -0.3 is 19.5 Å². The molecule has 1 aromatic heterocycles. The van der Waals surface area contributed by atoms with Crippen LogP contribution in [0, 0.1) is 6.42 Å². The molecule has 1 fully saturated rings. The van der Waals surface area contributed by atoms with Crippen molar-refractivity contribution in [3.05, 3.63) is 30.4 Å². The zero-order chi connectivity index (χ0) is 22.4. The number of aromatic nitrogens is 3. The molecule has 0 atom stereocenters. The number of carbonyl (C=O) groups is 2. The van der Waals surface area contributed by atoms with Crippen LogP contribution in [0.25, 0.3) is 0 Å². The van der Waals surface area contributed by atoms with Gasteiger partial charge in [-0.1, -0.05) is 6.08 Å². The first-order valence-corrected chi connectivity index (χ1v) is 10.1. The van der Waals surface area contributed by atoms with Crippen molar-refractivity contribution in [2.75, 3.05) is 58.3 Å². The molecule has 1 N–H and O–H groups in total. The number of hydrogen-bond donors (Lipinski definition) is 1. The van der Waals surface area contributed by atoms with Crippen molar-refractivity contribution in [1.82, 2.24) is 24.3 Å². The van der Waals surface area contributed by atoms with E-state index in [-0.39, 0.29) is 24.4 Å². The van der Waals surface area contributed by atoms with Crippen LogP contribution in [-0.4, -0.2) is 90.4 Å². The Morgan fingerprint density at radius 1 is 1.16 bits per heavy atom. The number of aromatic hydroxyl groups is 1. The fraction of sp³-hybridized carbons (Fsp3) is 0.500. The van der Waals surface area contributed by atoms with E-state index in [1.807, 2.05) is 22.3 Å². The van der Waals surface area contributed by atoms with Crippen molar-refractivity contribution >= 4 is 24.0 Å². The average Bonchev–Trinajstić information content (AvgIpc) is 2.74. The van der Waals surface area contributed by atoms with Gasteiger partial charge in [0.15, 0.2) is 0 Å². The minimum absolute atomic E-state index is 0.0633. The second-order valence-corrected chi connectivity index (χ2v) is 7.56. The summed E-state index contributed by atoms with van der Waals surface area (Å²) in [6.45, 7) is 4.68. The Labute approximate surface area is 181 Å². The lowest BCUT2D eigenvalue weighted by molar-refractivity contribution is -0.144. The van der Waals surface area contributed by atoms with Crippen molar-refractivity contribution < 1.29 is 24.2 Å². The van der Waals surface area contributed by atoms with E-state index in [0.29, 0.717) is 45.0 Å². The highest BCUT2D eigenvalue weighted by Gasteiger charge is 2.37. The fourth-order valence-corrected chi connectivity index (χ4v) is 3.10. The van der Waals surface area contributed by atoms with Crippen molar-refractivity contribution in [2.24, 2.45) is 0 Å². The van der Waals surface area contributed by atoms with Gasteiger partial charge in [-0.3, -0.25) is 9.69 Å². The van der Waals surface area contributed by atoms with Crippen LogP contribution in [0.15, 0.2) is 24.0 Å². The lowest BCUT2D eigenvalue weighted by Gasteiger charge is -2.34. The predicted molar refractivity (Wildman–Crippen MR) is 113 cm³/mol. The highest BCUT2D eigenvalue weighted by molar-refractivity contribution is 5.80. The number of allylic oxidation sites excluding steroid dienone is 3. The summed E-state index contributed by atoms with van der Waals surface area (Å²) in [7, 11) is 3.16. The summed E-state index contributed by atoms with van der Waals surface area (Å²) in [6.07, 6.45) is 7.36. The molecule has 167 valence electrons. The third-order valence-electron chi connectivity index (χ3n) is 4.93. The SMILES string of the molecule is CCOC(=O)CN1CCN(c2nc(O)nc([N+](C)(C)C(=O)OC3=CC[CH]C=C3)n2)CC1. The van der Waals surface area contributed by atoms with Gasteiger partial charge >= 0.3 is 24.0 Å². The van der Waals surface area contributed by atoms with E-state index >= 15 is 0 Å². The van der Waals surface area contributed by atoms with Crippen LogP contribution in [-0.2, 0) is 14.3 Å². The minimum Gasteiger partial charge on any atom is -0.479 e. The molecule has 0 aromatic carbocycles. The average molecular weight is 432 g/mol. The first-order chi connectivity index (χ1) is 14.8. The molecule has 11 heteroatoms. The number of anilines is 1. The summed E-state index contributed by atoms with van der Waals surface area (Å²) in [6, 6.07) is -0.473. The maximum atomic E-state index is 12.8. The van der Waals surface area contributed by atoms with Crippen LogP contribution < -0.4 is 9.38 Å². The predicted octanol–water partition coefficient (Wildman–Crippen LogP) is 1.01. The van der Waals surface area contributed by atoms with Gasteiger partial charge in [0, 0.05) is 26.2 Å². The lowest BCUT2D eigenvalue weighted by atomic mass is 10.2. The minimum atomic E-state index is -0.589. The molecule has 1 amide bonds. The number of quaternary nitrogens is 1. The number of ether oxygens (including phenoxy) is 2. The number of esters is 1. The fourth-order valence-electron chi connectivity index (χ4n) is 3.10. The van der Waals surface area contributed by atoms with Crippen molar-refractivity contribution in [1.29, 1.82) is 0 Å². The first kappa shape index (κ1) is 22.6. The van der Waals surface area contributed by atoms with Crippen molar-refractivity contribution in [3.8, 4) is 6.01 Å². The molecule has 0 unspecified atom stereocenters. The van der Waals surface area contributed by atoms with Gasteiger partial charge in [-0.05, 0) is 31.9 Å². The summed E-state index contributed by atoms with van der Waals surface area (Å²) in [5.41, 5.74) is 0. The summed E-state index contributed by atoms with van der Waals surface area (Å²) >= 11 is 0. The standard InChI is InChI=1S/C20H27N6O5/c1-4-30-16(27)14-24-10-12-25(13-11-24)17-21-18(23-19(28)22-17)26(2,3)20(29)31-15-8-6-5-7-9-15/h5-6,8-9H,4,7,10-14H2,1-3H3/p+1. The van der Waals surface area contributed by atoms with Gasteiger partial charge in [0.25, 0.3) is 0 Å². The highest BCUT2D eigenvalue weighted by atomic mass is 16.6. The lowest BCUT2D eigenvalue weighted by Crippen LogP contribution is -2.50. The number of nitrogens with zero attached hydrogens (tertiary/aromatic N) is 6. The Balaban J connectivity index is 1.68. The van der Waals surface area contributed by atoms with Crippen LogP contribution >= 0.6 is 0 Å². The molecule has 0 spiro atoms. The molecule has 0 bridgehead atoms. The maximum Gasteiger partial charge on any atom is 0.528 e. The van der Waals surface area contributed by atoms with Gasteiger partial charge in [-0.2, -0.15) is 14.3 Å². The second kappa shape index (κ2) is 9.84. The van der Waals surface area contributed by atoms with E-state index < -0.39 is 16.6 Å². The van der Waals surface area contributed by atoms with Gasteiger partial charge in [0.2, 0.25) is 5.95 Å². The zero-order valence-electron chi connectivity index (χ0n) is 18.0. The van der Waals surface area contributed by atoms with E-state index in [1.54, 1.807) is 33.2 Å². The molecule has 11 nitrogen and oxygen atoms in total. The first-order valence-electron chi connectivity index (χ1n) is 10.1. The summed E-state index contributed by atoms with van der Waals surface area (Å²) in [4.78, 5) is 40.7. The smallest absolute Gasteiger partial charge is 0.479 e. The third kappa shape index (κ3) is 5.76. The number of rotatable bonds is 6. The molecule has 1 aliphatic carbocycles. The van der Waals surface area contributed by atoms with E-state index in [0.717, 1.165) is 0 Å². The van der Waals surface area contributed by atoms with Crippen molar-refractivity contribution in [3.63, 3.8) is 0 Å². The van der Waals surface area contributed by atoms with Crippen LogP contribution in [0.1, 0.15) is 13.3 Å². The van der Waals surface area contributed by atoms with Gasteiger partial charge in [-0.15, -0.1) is 9.97 Å². The second-order valence-electron chi connectivity index (χ2n) is 7.56. The van der Waals surface area contributed by atoms with E-state index in [9.17, 15) is 14.7 Å². The molecule has 2 heterocycles. The quantitative estimate of drug-likeness (QED) is 0.515. The molecule has 1 radical (unpaired) electrons. The largest absolute Gasteiger partial charge is 0.528 e. The molecule has 1 aromatic rings. The molecular formula is C20H28N6O5+. The molecule has 3 rings (SSSR count). The molecule has 2 aliphatic rings. The Hall–Kier alpha value is -3.05. The van der Waals surface area contributed by atoms with Crippen LogP contribution in [0.4, 0.5) is 16.7 Å². The maximum absolute atomic E-state index is 12.8. The summed E-state index contributed by atoms with van der Waals surface area (Å²) < 4.78 is 10.0. The van der Waals surface area contributed by atoms with Crippen LogP contribution in [0.3, 0.4) is 0 Å². The Kier molecular flexibility index (Phi) is 7.18. The zero-order valence-corrected chi connectivity index (χ0v) is 18.0. The van der Waals surface area contributed by atoms with E-state index in [4.69, 9.17) is 9.47 Å². The van der Waals surface area contributed by atoms with Gasteiger partial charge in [0.1, 0.15) is 5.76 Å². The van der Waals surface area contributed by atoms with Crippen LogP contribution in [0.2, 0.25) is 0 Å². The monoisotopic (exact) mass is 432 g/mol. The topological polar surface area (TPSA) is 118 Å². The van der Waals surface area contributed by atoms with E-state index in [1.165, 1.54) is 0 Å². The molecule has 0 saturated carbocycles. The molecule has 1 saturated heterocycles. The normalized spacial score (nSPS) is 17.3. The molecule has 1 aliphatic heterocycles. The van der Waals surface area contributed by atoms with E-state index in [2.05, 4.69) is 15.0 Å². The molecular weight excluding hydrogens is 404 g/mol. The number of piperazine rings is 1. The number of carbonyl (C=O) groups excluding carboxylic acids is 2. The van der Waals surface area contributed by atoms with Gasteiger partial charge in [-0.25, -0.2) is 0 Å². The summed E-state index contributed by atoms with van der Waals surface area (Å²) in [5, 5.41) is 10.1. The Morgan fingerprint density at radius 3 is 2.55 bits per heavy atom. The Morgan fingerprint density at radius 2 is 1.90 bits per heavy atom. The number of amides is 1.